The van der Waals surface area contributed by atoms with Crippen LogP contribution in [-0.4, -0.2) is 9.13 Å². The van der Waals surface area contributed by atoms with Crippen molar-refractivity contribution in [3.05, 3.63) is 169 Å². The highest BCUT2D eigenvalue weighted by atomic mass is 16.3. The number of nitriles is 1. The quantitative estimate of drug-likeness (QED) is 0.171. The standard InChI is InChI=1S/C49H27N3O/c50-28-29-18-20-34-35-21-19-31(27-41(35)33-13-5-4-12-32(33)40(34)26-29)52-44-24-22-37-36-14-7-9-17-45(36)53-49(37)47(44)39-23-25-43-46(48(39)52)38-15-6-8-16-42(38)51(43)30-10-2-1-3-11-30/h1-27H. The van der Waals surface area contributed by atoms with Gasteiger partial charge in [0.05, 0.1) is 39.1 Å². The van der Waals surface area contributed by atoms with Crippen molar-refractivity contribution in [2.45, 2.75) is 0 Å². The average molecular weight is 674 g/mol. The Morgan fingerprint density at radius 2 is 1.00 bits per heavy atom. The summed E-state index contributed by atoms with van der Waals surface area (Å²) in [7, 11) is 0. The van der Waals surface area contributed by atoms with Crippen molar-refractivity contribution >= 4 is 97.9 Å². The molecule has 4 heteroatoms. The average Bonchev–Trinajstić information content (AvgIpc) is 3.88. The Bertz CT molecular complexity index is 3560. The van der Waals surface area contributed by atoms with Crippen LogP contribution in [0.25, 0.3) is 109 Å². The first-order chi connectivity index (χ1) is 26.3. The van der Waals surface area contributed by atoms with Gasteiger partial charge in [0, 0.05) is 38.3 Å². The first-order valence-corrected chi connectivity index (χ1v) is 17.9. The molecule has 0 aliphatic rings. The van der Waals surface area contributed by atoms with Gasteiger partial charge in [-0.3, -0.25) is 0 Å². The largest absolute Gasteiger partial charge is 0.455 e. The normalized spacial score (nSPS) is 12.1. The lowest BCUT2D eigenvalue weighted by molar-refractivity contribution is 0.673. The molecule has 0 N–H and O–H groups in total. The topological polar surface area (TPSA) is 46.8 Å². The molecule has 0 amide bonds. The Balaban J connectivity index is 1.29. The van der Waals surface area contributed by atoms with E-state index < -0.39 is 0 Å². The molecule has 4 nitrogen and oxygen atoms in total. The molecule has 0 spiro atoms. The Morgan fingerprint density at radius 1 is 0.396 bits per heavy atom. The Labute approximate surface area is 302 Å². The summed E-state index contributed by atoms with van der Waals surface area (Å²) in [6.07, 6.45) is 0. The van der Waals surface area contributed by atoms with E-state index in [1.165, 1.54) is 32.4 Å². The molecule has 12 rings (SSSR count). The summed E-state index contributed by atoms with van der Waals surface area (Å²) >= 11 is 0. The molecule has 53 heavy (non-hydrogen) atoms. The van der Waals surface area contributed by atoms with Crippen molar-refractivity contribution in [2.24, 2.45) is 0 Å². The van der Waals surface area contributed by atoms with Crippen molar-refractivity contribution in [1.29, 1.82) is 5.26 Å². The molecule has 0 aliphatic heterocycles. The summed E-state index contributed by atoms with van der Waals surface area (Å²) in [4.78, 5) is 0. The lowest BCUT2D eigenvalue weighted by Crippen LogP contribution is -1.96. The number of fused-ring (bicyclic) bond motifs is 17. The Kier molecular flexibility index (Phi) is 5.54. The Hall–Kier alpha value is -7.35. The van der Waals surface area contributed by atoms with E-state index >= 15 is 0 Å². The minimum absolute atomic E-state index is 0.666. The van der Waals surface area contributed by atoms with Crippen LogP contribution in [0.1, 0.15) is 5.56 Å². The van der Waals surface area contributed by atoms with Crippen molar-refractivity contribution in [1.82, 2.24) is 9.13 Å². The number of furan rings is 1. The molecule has 0 aliphatic carbocycles. The van der Waals surface area contributed by atoms with Crippen LogP contribution in [0.3, 0.4) is 0 Å². The van der Waals surface area contributed by atoms with E-state index in [-0.39, 0.29) is 0 Å². The van der Waals surface area contributed by atoms with E-state index in [1.807, 2.05) is 18.2 Å². The van der Waals surface area contributed by atoms with Crippen LogP contribution in [-0.2, 0) is 0 Å². The van der Waals surface area contributed by atoms with Crippen LogP contribution in [0.15, 0.2) is 168 Å². The maximum Gasteiger partial charge on any atom is 0.145 e. The van der Waals surface area contributed by atoms with E-state index in [2.05, 4.69) is 161 Å². The van der Waals surface area contributed by atoms with E-state index in [1.54, 1.807) is 0 Å². The van der Waals surface area contributed by atoms with Crippen molar-refractivity contribution in [3.8, 4) is 17.4 Å². The van der Waals surface area contributed by atoms with E-state index in [9.17, 15) is 5.26 Å². The lowest BCUT2D eigenvalue weighted by atomic mass is 9.93. The summed E-state index contributed by atoms with van der Waals surface area (Å²) in [6, 6.07) is 60.6. The number of benzene rings is 9. The fourth-order valence-corrected chi connectivity index (χ4v) is 9.10. The van der Waals surface area contributed by atoms with Crippen LogP contribution in [0.4, 0.5) is 0 Å². The number of rotatable bonds is 2. The van der Waals surface area contributed by atoms with Crippen LogP contribution in [0.2, 0.25) is 0 Å². The molecule has 3 heterocycles. The fourth-order valence-electron chi connectivity index (χ4n) is 9.10. The first kappa shape index (κ1) is 28.4. The van der Waals surface area contributed by atoms with Gasteiger partial charge in [-0.25, -0.2) is 0 Å². The van der Waals surface area contributed by atoms with Crippen molar-refractivity contribution in [3.63, 3.8) is 0 Å². The highest BCUT2D eigenvalue weighted by molar-refractivity contribution is 6.31. The van der Waals surface area contributed by atoms with Gasteiger partial charge in [0.15, 0.2) is 0 Å². The minimum atomic E-state index is 0.666. The van der Waals surface area contributed by atoms with Gasteiger partial charge >= 0.3 is 0 Å². The Morgan fingerprint density at radius 3 is 1.79 bits per heavy atom. The number of para-hydroxylation sites is 3. The molecule has 9 aromatic carbocycles. The second-order valence-corrected chi connectivity index (χ2v) is 14.0. The van der Waals surface area contributed by atoms with Gasteiger partial charge in [0.1, 0.15) is 11.2 Å². The SMILES string of the molecule is N#Cc1ccc2c3ccc(-n4c5ccc6c7ccccc7oc6c5c5ccc6c(c7ccccc7n6-c6ccccc6)c54)cc3c3ccccc3c2c1. The smallest absolute Gasteiger partial charge is 0.145 e. The monoisotopic (exact) mass is 673 g/mol. The van der Waals surface area contributed by atoms with E-state index in [0.29, 0.717) is 5.56 Å². The number of hydrogen-bond donors (Lipinski definition) is 0. The van der Waals surface area contributed by atoms with Gasteiger partial charge in [-0.2, -0.15) is 5.26 Å². The predicted octanol–water partition coefficient (Wildman–Crippen LogP) is 13.1. The molecular weight excluding hydrogens is 647 g/mol. The molecular formula is C49H27N3O. The van der Waals surface area contributed by atoms with Gasteiger partial charge in [0.2, 0.25) is 0 Å². The third-order valence-corrected chi connectivity index (χ3v) is 11.3. The van der Waals surface area contributed by atoms with Crippen LogP contribution in [0, 0.1) is 11.3 Å². The lowest BCUT2D eigenvalue weighted by Gasteiger charge is -2.14. The molecule has 12 aromatic rings. The molecule has 0 saturated carbocycles. The second-order valence-electron chi connectivity index (χ2n) is 14.0. The molecule has 0 bridgehead atoms. The van der Waals surface area contributed by atoms with Crippen LogP contribution in [0.5, 0.6) is 0 Å². The van der Waals surface area contributed by atoms with Gasteiger partial charge in [0.25, 0.3) is 0 Å². The molecule has 0 atom stereocenters. The van der Waals surface area contributed by atoms with Gasteiger partial charge in [-0.05, 0) is 105 Å². The molecule has 0 radical (unpaired) electrons. The zero-order valence-electron chi connectivity index (χ0n) is 28.3. The van der Waals surface area contributed by atoms with Gasteiger partial charge in [-0.15, -0.1) is 0 Å². The van der Waals surface area contributed by atoms with E-state index in [4.69, 9.17) is 4.42 Å². The molecule has 3 aromatic heterocycles. The van der Waals surface area contributed by atoms with Crippen LogP contribution >= 0.6 is 0 Å². The highest BCUT2D eigenvalue weighted by Gasteiger charge is 2.24. The molecule has 0 fully saturated rings. The fraction of sp³-hybridized carbons (Fsp3) is 0. The maximum atomic E-state index is 9.75. The van der Waals surface area contributed by atoms with Crippen LogP contribution < -0.4 is 0 Å². The highest BCUT2D eigenvalue weighted by Crippen LogP contribution is 2.46. The number of nitrogens with zero attached hydrogens (tertiary/aromatic N) is 3. The summed E-state index contributed by atoms with van der Waals surface area (Å²) in [6.45, 7) is 0. The van der Waals surface area contributed by atoms with E-state index in [0.717, 1.165) is 76.8 Å². The number of aromatic nitrogens is 2. The minimum Gasteiger partial charge on any atom is -0.455 e. The summed E-state index contributed by atoms with van der Waals surface area (Å²) in [5.74, 6) is 0. The zero-order valence-corrected chi connectivity index (χ0v) is 28.3. The summed E-state index contributed by atoms with van der Waals surface area (Å²) in [5.41, 5.74) is 9.24. The predicted molar refractivity (Wildman–Crippen MR) is 220 cm³/mol. The summed E-state index contributed by atoms with van der Waals surface area (Å²) < 4.78 is 11.6. The maximum absolute atomic E-state index is 9.75. The molecule has 244 valence electrons. The van der Waals surface area contributed by atoms with Gasteiger partial charge < -0.3 is 13.6 Å². The van der Waals surface area contributed by atoms with Gasteiger partial charge in [-0.1, -0.05) is 91.0 Å². The van der Waals surface area contributed by atoms with Crippen molar-refractivity contribution in [2.75, 3.05) is 0 Å². The summed E-state index contributed by atoms with van der Waals surface area (Å²) in [5, 5.41) is 23.5. The number of hydrogen-bond acceptors (Lipinski definition) is 2. The third kappa shape index (κ3) is 3.73. The molecule has 0 unspecified atom stereocenters. The molecule has 0 saturated heterocycles. The third-order valence-electron chi connectivity index (χ3n) is 11.3. The first-order valence-electron chi connectivity index (χ1n) is 17.9. The van der Waals surface area contributed by atoms with Crippen molar-refractivity contribution < 1.29 is 4.42 Å². The second kappa shape index (κ2) is 10.4. The zero-order chi connectivity index (χ0) is 34.8.